The molecule has 5 heteroatoms. The second kappa shape index (κ2) is 6.68. The second-order valence-corrected chi connectivity index (χ2v) is 10.5. The number of pyridine rings is 1. The van der Waals surface area contributed by atoms with E-state index in [0.717, 1.165) is 43.2 Å². The van der Waals surface area contributed by atoms with Gasteiger partial charge in [0.15, 0.2) is 0 Å². The number of nitrogen functional groups attached to an aromatic ring is 1. The van der Waals surface area contributed by atoms with Gasteiger partial charge < -0.3 is 15.7 Å². The first-order valence-electron chi connectivity index (χ1n) is 11.3. The molecule has 4 aliphatic rings. The molecule has 1 aromatic heterocycles. The Labute approximate surface area is 179 Å². The molecular weight excluding hydrogens is 374 g/mol. The lowest BCUT2D eigenvalue weighted by Gasteiger charge is -2.59. The third-order valence-electron chi connectivity index (χ3n) is 9.21. The molecule has 0 aromatic carbocycles. The number of carbonyl (C=O) groups is 1. The number of aliphatic hydroxyl groups excluding tert-OH is 1. The van der Waals surface area contributed by atoms with Gasteiger partial charge in [-0.05, 0) is 79.7 Å². The standard InChI is InChI=1S/C25H33N3O2/c1-24-11-9-21(29)28(3)20(24)7-6-17-18(24)8-10-25(2)19(17)14-16(22(25)30)13-15-5-4-12-27-23(15)26/h4-5,9,11-13,17-20,22,30H,6-8,10,14H2,1-3H3,(H2,26,27)/b16-13+/t17-,18+,19+,20-,22+,24-,25+/m1/s1. The summed E-state index contributed by atoms with van der Waals surface area (Å²) < 4.78 is 0. The number of amides is 1. The maximum Gasteiger partial charge on any atom is 0.246 e. The van der Waals surface area contributed by atoms with Gasteiger partial charge in [-0.2, -0.15) is 0 Å². The Morgan fingerprint density at radius 3 is 2.83 bits per heavy atom. The lowest BCUT2D eigenvalue weighted by atomic mass is 9.48. The molecule has 5 rings (SSSR count). The Hall–Kier alpha value is -2.14. The molecule has 3 aliphatic carbocycles. The summed E-state index contributed by atoms with van der Waals surface area (Å²) in [5.74, 6) is 2.24. The molecule has 5 nitrogen and oxygen atoms in total. The van der Waals surface area contributed by atoms with Crippen molar-refractivity contribution >= 4 is 17.8 Å². The van der Waals surface area contributed by atoms with E-state index in [1.807, 2.05) is 24.1 Å². The summed E-state index contributed by atoms with van der Waals surface area (Å²) in [6, 6.07) is 4.16. The summed E-state index contributed by atoms with van der Waals surface area (Å²) in [4.78, 5) is 18.4. The van der Waals surface area contributed by atoms with Crippen LogP contribution in [0.3, 0.4) is 0 Å². The van der Waals surface area contributed by atoms with Crippen molar-refractivity contribution in [3.8, 4) is 0 Å². The first kappa shape index (κ1) is 19.8. The second-order valence-electron chi connectivity index (χ2n) is 10.5. The molecule has 160 valence electrons. The quantitative estimate of drug-likeness (QED) is 0.745. The number of aliphatic hydroxyl groups is 1. The van der Waals surface area contributed by atoms with Crippen molar-refractivity contribution in [1.82, 2.24) is 9.88 Å². The topological polar surface area (TPSA) is 79.5 Å². The largest absolute Gasteiger partial charge is 0.388 e. The molecule has 7 atom stereocenters. The van der Waals surface area contributed by atoms with Crippen molar-refractivity contribution in [1.29, 1.82) is 0 Å². The molecule has 0 radical (unpaired) electrons. The van der Waals surface area contributed by atoms with E-state index in [1.165, 1.54) is 0 Å². The van der Waals surface area contributed by atoms with E-state index >= 15 is 0 Å². The summed E-state index contributed by atoms with van der Waals surface area (Å²) in [5.41, 5.74) is 8.00. The average Bonchev–Trinajstić information content (AvgIpc) is 2.98. The summed E-state index contributed by atoms with van der Waals surface area (Å²) in [6.45, 7) is 4.64. The first-order valence-corrected chi connectivity index (χ1v) is 11.3. The molecule has 1 amide bonds. The number of rotatable bonds is 1. The van der Waals surface area contributed by atoms with Crippen molar-refractivity contribution in [2.24, 2.45) is 28.6 Å². The first-order chi connectivity index (χ1) is 14.3. The van der Waals surface area contributed by atoms with Crippen LogP contribution in [0.15, 0.2) is 36.1 Å². The van der Waals surface area contributed by atoms with Gasteiger partial charge in [0.2, 0.25) is 5.91 Å². The Kier molecular flexibility index (Phi) is 4.41. The lowest BCUT2D eigenvalue weighted by Crippen LogP contribution is -2.59. The van der Waals surface area contributed by atoms with Crippen molar-refractivity contribution in [3.63, 3.8) is 0 Å². The van der Waals surface area contributed by atoms with Gasteiger partial charge in [0.05, 0.1) is 6.10 Å². The predicted octanol–water partition coefficient (Wildman–Crippen LogP) is 3.66. The van der Waals surface area contributed by atoms with Gasteiger partial charge in [0, 0.05) is 35.7 Å². The van der Waals surface area contributed by atoms with Crippen LogP contribution in [0, 0.1) is 28.6 Å². The Balaban J connectivity index is 1.49. The van der Waals surface area contributed by atoms with Crippen LogP contribution in [-0.4, -0.2) is 40.1 Å². The normalized spacial score (nSPS) is 44.0. The number of hydrogen-bond acceptors (Lipinski definition) is 4. The zero-order valence-corrected chi connectivity index (χ0v) is 18.2. The van der Waals surface area contributed by atoms with Crippen molar-refractivity contribution < 1.29 is 9.90 Å². The van der Waals surface area contributed by atoms with E-state index in [4.69, 9.17) is 5.73 Å². The molecule has 0 unspecified atom stereocenters. The molecule has 3 fully saturated rings. The summed E-state index contributed by atoms with van der Waals surface area (Å²) in [7, 11) is 1.96. The Morgan fingerprint density at radius 1 is 1.27 bits per heavy atom. The predicted molar refractivity (Wildman–Crippen MR) is 118 cm³/mol. The fourth-order valence-electron chi connectivity index (χ4n) is 7.49. The molecule has 0 bridgehead atoms. The number of fused-ring (bicyclic) bond motifs is 5. The van der Waals surface area contributed by atoms with Gasteiger partial charge in [-0.1, -0.05) is 19.9 Å². The van der Waals surface area contributed by atoms with Gasteiger partial charge in [0.25, 0.3) is 0 Å². The van der Waals surface area contributed by atoms with Crippen LogP contribution < -0.4 is 5.73 Å². The van der Waals surface area contributed by atoms with Crippen LogP contribution in [0.2, 0.25) is 0 Å². The third-order valence-corrected chi connectivity index (χ3v) is 9.21. The molecule has 30 heavy (non-hydrogen) atoms. The van der Waals surface area contributed by atoms with E-state index in [1.54, 1.807) is 12.3 Å². The molecule has 2 heterocycles. The van der Waals surface area contributed by atoms with E-state index < -0.39 is 6.10 Å². The number of hydrogen-bond donors (Lipinski definition) is 2. The van der Waals surface area contributed by atoms with Gasteiger partial charge in [-0.15, -0.1) is 0 Å². The van der Waals surface area contributed by atoms with Gasteiger partial charge in [-0.3, -0.25) is 4.79 Å². The molecule has 3 N–H and O–H groups in total. The molecule has 1 aromatic rings. The van der Waals surface area contributed by atoms with E-state index in [9.17, 15) is 9.90 Å². The molecule has 0 spiro atoms. The number of nitrogens with zero attached hydrogens (tertiary/aromatic N) is 2. The van der Waals surface area contributed by atoms with Gasteiger partial charge >= 0.3 is 0 Å². The molecule has 1 aliphatic heterocycles. The van der Waals surface area contributed by atoms with Crippen LogP contribution in [0.1, 0.15) is 51.5 Å². The Bertz CT molecular complexity index is 940. The maximum atomic E-state index is 12.3. The minimum Gasteiger partial charge on any atom is -0.388 e. The number of nitrogens with two attached hydrogens (primary N) is 1. The van der Waals surface area contributed by atoms with Crippen molar-refractivity contribution in [2.45, 2.75) is 58.1 Å². The highest BCUT2D eigenvalue weighted by atomic mass is 16.3. The minimum atomic E-state index is -0.431. The molecular formula is C25H33N3O2. The van der Waals surface area contributed by atoms with Crippen LogP contribution in [0.4, 0.5) is 5.82 Å². The highest BCUT2D eigenvalue weighted by Crippen LogP contribution is 2.65. The van der Waals surface area contributed by atoms with Crippen LogP contribution >= 0.6 is 0 Å². The monoisotopic (exact) mass is 407 g/mol. The average molecular weight is 408 g/mol. The van der Waals surface area contributed by atoms with E-state index in [2.05, 4.69) is 31.0 Å². The smallest absolute Gasteiger partial charge is 0.246 e. The summed E-state index contributed by atoms with van der Waals surface area (Å²) >= 11 is 0. The highest BCUT2D eigenvalue weighted by molar-refractivity contribution is 5.89. The fourth-order valence-corrected chi connectivity index (χ4v) is 7.49. The summed E-state index contributed by atoms with van der Waals surface area (Å²) in [6.07, 6.45) is 12.6. The van der Waals surface area contributed by atoms with Crippen LogP contribution in [0.5, 0.6) is 0 Å². The number of likely N-dealkylation sites (N-methyl/N-ethyl adjacent to an activating group) is 1. The third kappa shape index (κ3) is 2.64. The number of aromatic nitrogens is 1. The number of anilines is 1. The van der Waals surface area contributed by atoms with E-state index in [0.29, 0.717) is 23.6 Å². The zero-order valence-electron chi connectivity index (χ0n) is 18.2. The van der Waals surface area contributed by atoms with Crippen LogP contribution in [0.25, 0.3) is 6.08 Å². The zero-order chi connectivity index (χ0) is 21.3. The molecule has 3 saturated carbocycles. The maximum absolute atomic E-state index is 12.3. The van der Waals surface area contributed by atoms with Gasteiger partial charge in [-0.25, -0.2) is 4.98 Å². The minimum absolute atomic E-state index is 0.0259. The summed E-state index contributed by atoms with van der Waals surface area (Å²) in [5, 5.41) is 11.4. The van der Waals surface area contributed by atoms with E-state index in [-0.39, 0.29) is 22.8 Å². The number of carbonyl (C=O) groups excluding carboxylic acids is 1. The molecule has 0 saturated heterocycles. The van der Waals surface area contributed by atoms with Crippen molar-refractivity contribution in [2.75, 3.05) is 12.8 Å². The SMILES string of the molecule is CN1C(=O)C=C[C@]2(C)[C@H]3CC[C@]4(C)[C@@H](O)/C(=C/c5cccnc5N)C[C@H]4[C@@H]3CC[C@@H]12. The Morgan fingerprint density at radius 2 is 2.07 bits per heavy atom. The fraction of sp³-hybridized carbons (Fsp3) is 0.600. The van der Waals surface area contributed by atoms with Crippen LogP contribution in [-0.2, 0) is 4.79 Å². The van der Waals surface area contributed by atoms with Crippen molar-refractivity contribution in [3.05, 3.63) is 41.6 Å². The lowest BCUT2D eigenvalue weighted by molar-refractivity contribution is -0.140. The highest BCUT2D eigenvalue weighted by Gasteiger charge is 2.61. The van der Waals surface area contributed by atoms with Gasteiger partial charge in [0.1, 0.15) is 5.82 Å².